The van der Waals surface area contributed by atoms with Gasteiger partial charge in [-0.1, -0.05) is 51.3 Å². The molecule has 3 aromatic rings. The molecule has 0 aliphatic carbocycles. The fourth-order valence-corrected chi connectivity index (χ4v) is 4.80. The van der Waals surface area contributed by atoms with Gasteiger partial charge in [-0.15, -0.1) is 0 Å². The van der Waals surface area contributed by atoms with Gasteiger partial charge in [0.25, 0.3) is 15.9 Å². The molecule has 0 aromatic heterocycles. The van der Waals surface area contributed by atoms with Crippen molar-refractivity contribution < 1.29 is 13.2 Å². The Morgan fingerprint density at radius 2 is 1.76 bits per heavy atom. The summed E-state index contributed by atoms with van der Waals surface area (Å²) in [5.41, 5.74) is 3.02. The lowest BCUT2D eigenvalue weighted by Gasteiger charge is -2.13. The SMILES string of the molecule is Cc1ccc(NS(=O)(=O)c2cc(C(=O)Nc3cccc(Br)c3)ccc2Cl)c(C)c1. The Hall–Kier alpha value is -2.35. The number of benzene rings is 3. The van der Waals surface area contributed by atoms with Crippen molar-refractivity contribution in [2.24, 2.45) is 0 Å². The number of nitrogens with one attached hydrogen (secondary N) is 2. The van der Waals surface area contributed by atoms with Crippen molar-refractivity contribution in [2.45, 2.75) is 18.7 Å². The minimum Gasteiger partial charge on any atom is -0.322 e. The predicted molar refractivity (Wildman–Crippen MR) is 120 cm³/mol. The molecule has 0 atom stereocenters. The number of carbonyl (C=O) groups is 1. The fraction of sp³-hybridized carbons (Fsp3) is 0.0952. The Kier molecular flexibility index (Phi) is 6.31. The molecule has 0 saturated carbocycles. The van der Waals surface area contributed by atoms with Crippen LogP contribution in [0.4, 0.5) is 11.4 Å². The summed E-state index contributed by atoms with van der Waals surface area (Å²) < 4.78 is 29.2. The van der Waals surface area contributed by atoms with Crippen LogP contribution in [-0.4, -0.2) is 14.3 Å². The largest absolute Gasteiger partial charge is 0.322 e. The number of carbonyl (C=O) groups excluding carboxylic acids is 1. The highest BCUT2D eigenvalue weighted by Gasteiger charge is 2.21. The van der Waals surface area contributed by atoms with Gasteiger partial charge in [0.1, 0.15) is 4.90 Å². The summed E-state index contributed by atoms with van der Waals surface area (Å²) in [6.07, 6.45) is 0. The molecule has 3 rings (SSSR count). The molecule has 8 heteroatoms. The predicted octanol–water partition coefficient (Wildman–Crippen LogP) is 5.77. The number of amides is 1. The molecule has 29 heavy (non-hydrogen) atoms. The van der Waals surface area contributed by atoms with Crippen LogP contribution in [0.25, 0.3) is 0 Å². The van der Waals surface area contributed by atoms with Crippen molar-refractivity contribution >= 4 is 54.8 Å². The highest BCUT2D eigenvalue weighted by Crippen LogP contribution is 2.27. The number of aryl methyl sites for hydroxylation is 2. The summed E-state index contributed by atoms with van der Waals surface area (Å²) in [7, 11) is -3.98. The monoisotopic (exact) mass is 492 g/mol. The molecule has 0 radical (unpaired) electrons. The third kappa shape index (κ3) is 5.18. The highest BCUT2D eigenvalue weighted by atomic mass is 79.9. The number of sulfonamides is 1. The maximum atomic E-state index is 12.9. The van der Waals surface area contributed by atoms with Crippen molar-refractivity contribution in [1.82, 2.24) is 0 Å². The number of anilines is 2. The van der Waals surface area contributed by atoms with Gasteiger partial charge in [0.2, 0.25) is 0 Å². The molecular weight excluding hydrogens is 476 g/mol. The Morgan fingerprint density at radius 1 is 1.00 bits per heavy atom. The summed E-state index contributed by atoms with van der Waals surface area (Å²) in [5.74, 6) is -0.442. The highest BCUT2D eigenvalue weighted by molar-refractivity contribution is 9.10. The van der Waals surface area contributed by atoms with Crippen molar-refractivity contribution in [1.29, 1.82) is 0 Å². The quantitative estimate of drug-likeness (QED) is 0.473. The van der Waals surface area contributed by atoms with Gasteiger partial charge in [-0.3, -0.25) is 9.52 Å². The van der Waals surface area contributed by atoms with Crippen LogP contribution in [0.5, 0.6) is 0 Å². The zero-order valence-electron chi connectivity index (χ0n) is 15.7. The third-order valence-corrected chi connectivity index (χ3v) is 6.53. The Bertz CT molecular complexity index is 1200. The van der Waals surface area contributed by atoms with Crippen molar-refractivity contribution in [3.63, 3.8) is 0 Å². The summed E-state index contributed by atoms with van der Waals surface area (Å²) in [5, 5.41) is 2.76. The summed E-state index contributed by atoms with van der Waals surface area (Å²) in [6, 6.07) is 16.6. The van der Waals surface area contributed by atoms with Gasteiger partial charge in [0, 0.05) is 15.7 Å². The molecule has 0 spiro atoms. The van der Waals surface area contributed by atoms with E-state index in [4.69, 9.17) is 11.6 Å². The lowest BCUT2D eigenvalue weighted by Crippen LogP contribution is -2.17. The van der Waals surface area contributed by atoms with E-state index in [1.807, 2.05) is 32.0 Å². The lowest BCUT2D eigenvalue weighted by atomic mass is 10.1. The van der Waals surface area contributed by atoms with Crippen molar-refractivity contribution in [3.05, 3.63) is 86.8 Å². The van der Waals surface area contributed by atoms with Gasteiger partial charge < -0.3 is 5.32 Å². The summed E-state index contributed by atoms with van der Waals surface area (Å²) >= 11 is 9.48. The van der Waals surface area contributed by atoms with Crippen LogP contribution in [0, 0.1) is 13.8 Å². The number of halogens is 2. The topological polar surface area (TPSA) is 75.3 Å². The first kappa shape index (κ1) is 21.4. The molecule has 0 aliphatic rings. The van der Waals surface area contributed by atoms with E-state index in [9.17, 15) is 13.2 Å². The molecule has 5 nitrogen and oxygen atoms in total. The van der Waals surface area contributed by atoms with Crippen molar-refractivity contribution in [2.75, 3.05) is 10.0 Å². The van der Waals surface area contributed by atoms with Gasteiger partial charge in [-0.2, -0.15) is 0 Å². The van der Waals surface area contributed by atoms with Crippen LogP contribution in [-0.2, 0) is 10.0 Å². The standard InChI is InChI=1S/C21H18BrClN2O3S/c1-13-6-9-19(14(2)10-13)25-29(27,28)20-11-15(7-8-18(20)23)21(26)24-17-5-3-4-16(22)12-17/h3-12,25H,1-2H3,(H,24,26). The maximum absolute atomic E-state index is 12.9. The van der Waals surface area contributed by atoms with Crippen LogP contribution in [0.15, 0.2) is 70.0 Å². The average molecular weight is 494 g/mol. The molecule has 0 bridgehead atoms. The van der Waals surface area contributed by atoms with E-state index in [1.54, 1.807) is 24.3 Å². The van der Waals surface area contributed by atoms with Crippen LogP contribution in [0.3, 0.4) is 0 Å². The summed E-state index contributed by atoms with van der Waals surface area (Å²) in [6.45, 7) is 3.74. The second kappa shape index (κ2) is 8.57. The van der Waals surface area contributed by atoms with Gasteiger partial charge >= 0.3 is 0 Å². The Labute approximate surface area is 183 Å². The molecule has 0 unspecified atom stereocenters. The number of hydrogen-bond acceptors (Lipinski definition) is 3. The van der Waals surface area contributed by atoms with Gasteiger partial charge in [0.15, 0.2) is 0 Å². The van der Waals surface area contributed by atoms with Crippen LogP contribution in [0.2, 0.25) is 5.02 Å². The molecule has 1 amide bonds. The van der Waals surface area contributed by atoms with E-state index < -0.39 is 15.9 Å². The van der Waals surface area contributed by atoms with Crippen LogP contribution < -0.4 is 10.0 Å². The van der Waals surface area contributed by atoms with Crippen LogP contribution >= 0.6 is 27.5 Å². The fourth-order valence-electron chi connectivity index (χ4n) is 2.75. The van der Waals surface area contributed by atoms with Crippen molar-refractivity contribution in [3.8, 4) is 0 Å². The average Bonchev–Trinajstić information content (AvgIpc) is 2.64. The van der Waals surface area contributed by atoms with E-state index in [0.29, 0.717) is 11.4 Å². The molecule has 150 valence electrons. The van der Waals surface area contributed by atoms with Gasteiger partial charge in [-0.05, 0) is 61.9 Å². The molecule has 0 fully saturated rings. The van der Waals surface area contributed by atoms with E-state index in [1.165, 1.54) is 18.2 Å². The normalized spacial score (nSPS) is 11.2. The van der Waals surface area contributed by atoms with E-state index in [0.717, 1.165) is 15.6 Å². The van der Waals surface area contributed by atoms with Crippen LogP contribution in [0.1, 0.15) is 21.5 Å². The van der Waals surface area contributed by atoms with Gasteiger partial charge in [0.05, 0.1) is 10.7 Å². The molecule has 0 aliphatic heterocycles. The minimum atomic E-state index is -3.98. The van der Waals surface area contributed by atoms with E-state index in [-0.39, 0.29) is 15.5 Å². The first-order valence-electron chi connectivity index (χ1n) is 8.62. The molecule has 0 saturated heterocycles. The van der Waals surface area contributed by atoms with Gasteiger partial charge in [-0.25, -0.2) is 8.42 Å². The zero-order valence-corrected chi connectivity index (χ0v) is 18.8. The minimum absolute atomic E-state index is 0.0290. The molecule has 3 aromatic carbocycles. The molecule has 0 heterocycles. The first-order valence-corrected chi connectivity index (χ1v) is 11.3. The lowest BCUT2D eigenvalue weighted by molar-refractivity contribution is 0.102. The first-order chi connectivity index (χ1) is 13.7. The maximum Gasteiger partial charge on any atom is 0.263 e. The Balaban J connectivity index is 1.90. The smallest absolute Gasteiger partial charge is 0.263 e. The number of rotatable bonds is 5. The molecule has 2 N–H and O–H groups in total. The Morgan fingerprint density at radius 3 is 2.45 bits per heavy atom. The van der Waals surface area contributed by atoms with E-state index in [2.05, 4.69) is 26.0 Å². The number of hydrogen-bond donors (Lipinski definition) is 2. The second-order valence-corrected chi connectivity index (χ2v) is 9.51. The third-order valence-electron chi connectivity index (χ3n) is 4.19. The molecular formula is C21H18BrClN2O3S. The second-order valence-electron chi connectivity index (χ2n) is 6.53. The van der Waals surface area contributed by atoms with E-state index >= 15 is 0 Å². The zero-order chi connectivity index (χ0) is 21.2. The summed E-state index contributed by atoms with van der Waals surface area (Å²) in [4.78, 5) is 12.4.